The maximum absolute atomic E-state index is 10.9. The van der Waals surface area contributed by atoms with Gasteiger partial charge >= 0.3 is 0 Å². The van der Waals surface area contributed by atoms with E-state index in [9.17, 15) is 4.79 Å². The molecule has 1 aliphatic heterocycles. The molecule has 19 heavy (non-hydrogen) atoms. The zero-order chi connectivity index (χ0) is 14.1. The Balaban J connectivity index is 2.08. The number of hydrogen-bond acceptors (Lipinski definition) is 5. The van der Waals surface area contributed by atoms with Crippen LogP contribution in [0.4, 0.5) is 0 Å². The van der Waals surface area contributed by atoms with Crippen molar-refractivity contribution >= 4 is 6.29 Å². The van der Waals surface area contributed by atoms with Gasteiger partial charge in [0, 0.05) is 6.61 Å². The van der Waals surface area contributed by atoms with E-state index in [1.54, 1.807) is 0 Å². The Morgan fingerprint density at radius 2 is 2.21 bits per heavy atom. The summed E-state index contributed by atoms with van der Waals surface area (Å²) < 4.78 is 16.6. The smallest absolute Gasteiger partial charge is 0.157 e. The minimum atomic E-state index is -0.231. The number of aldehydes is 1. The van der Waals surface area contributed by atoms with Crippen molar-refractivity contribution < 1.29 is 19.0 Å². The van der Waals surface area contributed by atoms with Crippen molar-refractivity contribution in [1.29, 1.82) is 0 Å². The second-order valence-electron chi connectivity index (χ2n) is 5.80. The number of carbonyl (C=O) groups excluding carboxylic acids is 1. The molecule has 0 bridgehead atoms. The second kappa shape index (κ2) is 8.64. The van der Waals surface area contributed by atoms with Crippen LogP contribution in [0.2, 0.25) is 0 Å². The third kappa shape index (κ3) is 8.31. The molecule has 0 aliphatic carbocycles. The molecule has 1 aliphatic rings. The average Bonchev–Trinajstić information content (AvgIpc) is 2.37. The standard InChI is InChI=1S/C14H27NO4/c1-14(2,3)19-11-15-12(10-16)7-9-18-13-6-4-5-8-17-13/h10,12-13,15H,4-9,11H2,1-3H3. The summed E-state index contributed by atoms with van der Waals surface area (Å²) in [5.74, 6) is 0. The molecule has 1 saturated heterocycles. The summed E-state index contributed by atoms with van der Waals surface area (Å²) in [7, 11) is 0. The second-order valence-corrected chi connectivity index (χ2v) is 5.80. The number of nitrogens with one attached hydrogen (secondary N) is 1. The summed E-state index contributed by atoms with van der Waals surface area (Å²) in [5.41, 5.74) is -0.202. The normalized spacial score (nSPS) is 22.2. The predicted octanol–water partition coefficient (Wildman–Crippen LogP) is 1.85. The van der Waals surface area contributed by atoms with Crippen molar-refractivity contribution in [2.24, 2.45) is 0 Å². The van der Waals surface area contributed by atoms with Gasteiger partial charge in [-0.25, -0.2) is 0 Å². The Morgan fingerprint density at radius 1 is 1.42 bits per heavy atom. The molecule has 5 heteroatoms. The van der Waals surface area contributed by atoms with Crippen LogP contribution in [0.15, 0.2) is 0 Å². The van der Waals surface area contributed by atoms with Gasteiger partial charge in [0.1, 0.15) is 6.29 Å². The third-order valence-corrected chi connectivity index (χ3v) is 2.89. The molecule has 0 aromatic heterocycles. The van der Waals surface area contributed by atoms with Crippen molar-refractivity contribution in [3.05, 3.63) is 0 Å². The number of rotatable bonds is 8. The Kier molecular flexibility index (Phi) is 7.53. The first kappa shape index (κ1) is 16.6. The van der Waals surface area contributed by atoms with Gasteiger partial charge in [-0.1, -0.05) is 0 Å². The lowest BCUT2D eigenvalue weighted by Crippen LogP contribution is -2.37. The highest BCUT2D eigenvalue weighted by Gasteiger charge is 2.15. The molecule has 1 N–H and O–H groups in total. The van der Waals surface area contributed by atoms with Gasteiger partial charge in [-0.05, 0) is 46.5 Å². The van der Waals surface area contributed by atoms with E-state index in [0.717, 1.165) is 32.2 Å². The van der Waals surface area contributed by atoms with Gasteiger partial charge in [0.05, 0.1) is 25.0 Å². The van der Waals surface area contributed by atoms with Crippen molar-refractivity contribution in [2.75, 3.05) is 19.9 Å². The lowest BCUT2D eigenvalue weighted by atomic mass is 10.2. The first-order valence-electron chi connectivity index (χ1n) is 7.07. The Hall–Kier alpha value is -0.490. The van der Waals surface area contributed by atoms with E-state index in [2.05, 4.69) is 5.32 Å². The largest absolute Gasteiger partial charge is 0.361 e. The molecule has 1 heterocycles. The van der Waals surface area contributed by atoms with Crippen LogP contribution < -0.4 is 5.32 Å². The Morgan fingerprint density at radius 3 is 2.79 bits per heavy atom. The molecule has 0 aromatic carbocycles. The van der Waals surface area contributed by atoms with Crippen LogP contribution in [-0.4, -0.2) is 44.2 Å². The first-order chi connectivity index (χ1) is 9.01. The van der Waals surface area contributed by atoms with Gasteiger partial charge in [0.2, 0.25) is 0 Å². The van der Waals surface area contributed by atoms with Crippen LogP contribution in [0.1, 0.15) is 46.5 Å². The van der Waals surface area contributed by atoms with Gasteiger partial charge in [-0.3, -0.25) is 5.32 Å². The molecular weight excluding hydrogens is 246 g/mol. The van der Waals surface area contributed by atoms with Crippen LogP contribution in [-0.2, 0) is 19.0 Å². The fourth-order valence-electron chi connectivity index (χ4n) is 1.75. The molecule has 0 amide bonds. The summed E-state index contributed by atoms with van der Waals surface area (Å²) in [6.07, 6.45) is 4.66. The van der Waals surface area contributed by atoms with E-state index in [-0.39, 0.29) is 17.9 Å². The Labute approximate surface area is 116 Å². The lowest BCUT2D eigenvalue weighted by Gasteiger charge is -2.24. The van der Waals surface area contributed by atoms with Gasteiger partial charge in [0.25, 0.3) is 0 Å². The molecular formula is C14H27NO4. The minimum absolute atomic E-state index is 0.0909. The lowest BCUT2D eigenvalue weighted by molar-refractivity contribution is -0.163. The number of ether oxygens (including phenoxy) is 3. The zero-order valence-electron chi connectivity index (χ0n) is 12.3. The fraction of sp³-hybridized carbons (Fsp3) is 0.929. The average molecular weight is 273 g/mol. The van der Waals surface area contributed by atoms with E-state index < -0.39 is 0 Å². The number of carbonyl (C=O) groups is 1. The van der Waals surface area contributed by atoms with Crippen LogP contribution in [0.5, 0.6) is 0 Å². The van der Waals surface area contributed by atoms with Crippen LogP contribution in [0.25, 0.3) is 0 Å². The molecule has 5 nitrogen and oxygen atoms in total. The van der Waals surface area contributed by atoms with E-state index in [0.29, 0.717) is 19.8 Å². The maximum Gasteiger partial charge on any atom is 0.157 e. The summed E-state index contributed by atoms with van der Waals surface area (Å²) in [5, 5.41) is 3.05. The van der Waals surface area contributed by atoms with Gasteiger partial charge < -0.3 is 19.0 Å². The highest BCUT2D eigenvalue weighted by Crippen LogP contribution is 2.13. The summed E-state index contributed by atoms with van der Waals surface area (Å²) in [6, 6.07) is -0.231. The molecule has 1 fully saturated rings. The molecule has 0 spiro atoms. The molecule has 0 saturated carbocycles. The van der Waals surface area contributed by atoms with Crippen molar-refractivity contribution in [1.82, 2.24) is 5.32 Å². The molecule has 0 radical (unpaired) electrons. The van der Waals surface area contributed by atoms with Crippen molar-refractivity contribution in [3.8, 4) is 0 Å². The predicted molar refractivity (Wildman–Crippen MR) is 72.9 cm³/mol. The topological polar surface area (TPSA) is 56.8 Å². The van der Waals surface area contributed by atoms with E-state index in [4.69, 9.17) is 14.2 Å². The van der Waals surface area contributed by atoms with Crippen LogP contribution in [0.3, 0.4) is 0 Å². The van der Waals surface area contributed by atoms with E-state index >= 15 is 0 Å². The SMILES string of the molecule is CC(C)(C)OCNC(C=O)CCOC1CCCCO1. The monoisotopic (exact) mass is 273 g/mol. The highest BCUT2D eigenvalue weighted by molar-refractivity contribution is 5.57. The van der Waals surface area contributed by atoms with Crippen LogP contribution >= 0.6 is 0 Å². The molecule has 2 atom stereocenters. The summed E-state index contributed by atoms with van der Waals surface area (Å²) in [4.78, 5) is 10.9. The van der Waals surface area contributed by atoms with Crippen molar-refractivity contribution in [3.63, 3.8) is 0 Å². The third-order valence-electron chi connectivity index (χ3n) is 2.89. The molecule has 2 unspecified atom stereocenters. The Bertz CT molecular complexity index is 246. The minimum Gasteiger partial charge on any atom is -0.361 e. The molecule has 1 rings (SSSR count). The zero-order valence-corrected chi connectivity index (χ0v) is 12.3. The summed E-state index contributed by atoms with van der Waals surface area (Å²) >= 11 is 0. The van der Waals surface area contributed by atoms with Gasteiger partial charge in [-0.2, -0.15) is 0 Å². The highest BCUT2D eigenvalue weighted by atomic mass is 16.7. The van der Waals surface area contributed by atoms with Crippen molar-refractivity contribution in [2.45, 2.75) is 64.4 Å². The van der Waals surface area contributed by atoms with Crippen LogP contribution in [0, 0.1) is 0 Å². The maximum atomic E-state index is 10.9. The first-order valence-corrected chi connectivity index (χ1v) is 7.07. The van der Waals surface area contributed by atoms with Gasteiger partial charge in [0.15, 0.2) is 6.29 Å². The fourth-order valence-corrected chi connectivity index (χ4v) is 1.75. The summed E-state index contributed by atoms with van der Waals surface area (Å²) in [6.45, 7) is 7.61. The number of hydrogen-bond donors (Lipinski definition) is 1. The molecule has 112 valence electrons. The molecule has 0 aromatic rings. The quantitative estimate of drug-likeness (QED) is 0.540. The van der Waals surface area contributed by atoms with E-state index in [1.807, 2.05) is 20.8 Å². The van der Waals surface area contributed by atoms with Gasteiger partial charge in [-0.15, -0.1) is 0 Å². The van der Waals surface area contributed by atoms with E-state index in [1.165, 1.54) is 0 Å².